The molecule has 0 saturated carbocycles. The summed E-state index contributed by atoms with van der Waals surface area (Å²) < 4.78 is 20.7. The van der Waals surface area contributed by atoms with Crippen molar-refractivity contribution in [2.24, 2.45) is 0 Å². The molecule has 0 aliphatic carbocycles. The molecule has 0 radical (unpaired) electrons. The Kier molecular flexibility index (Phi) is 8.54. The van der Waals surface area contributed by atoms with Crippen molar-refractivity contribution in [1.82, 2.24) is 9.47 Å². The Bertz CT molecular complexity index is 672. The Morgan fingerprint density at radius 3 is 2.92 bits per heavy atom. The van der Waals surface area contributed by atoms with Crippen LogP contribution in [0.5, 0.6) is 0 Å². The second-order valence-corrected chi connectivity index (χ2v) is 6.51. The number of aliphatic hydroxyl groups is 1. The Hall–Kier alpha value is -1.95. The van der Waals surface area contributed by atoms with Crippen LogP contribution >= 0.6 is 0 Å². The molecule has 0 fully saturated rings. The molecule has 0 unspecified atom stereocenters. The van der Waals surface area contributed by atoms with Gasteiger partial charge in [0.2, 0.25) is 0 Å². The van der Waals surface area contributed by atoms with Crippen molar-refractivity contribution in [3.8, 4) is 0 Å². The van der Waals surface area contributed by atoms with Crippen LogP contribution in [0.1, 0.15) is 24.1 Å². The number of rotatable bonds is 12. The predicted molar refractivity (Wildman–Crippen MR) is 103 cm³/mol. The first kappa shape index (κ1) is 20.4. The summed E-state index contributed by atoms with van der Waals surface area (Å²) in [5, 5.41) is 10.2. The number of benzene rings is 1. The van der Waals surface area contributed by atoms with E-state index in [1.807, 2.05) is 24.4 Å². The first-order valence-electron chi connectivity index (χ1n) is 9.01. The molecule has 0 spiro atoms. The molecule has 142 valence electrons. The average molecular weight is 360 g/mol. The van der Waals surface area contributed by atoms with E-state index >= 15 is 0 Å². The largest absolute Gasteiger partial charge is 0.392 e. The van der Waals surface area contributed by atoms with Gasteiger partial charge in [-0.2, -0.15) is 0 Å². The fourth-order valence-corrected chi connectivity index (χ4v) is 2.96. The van der Waals surface area contributed by atoms with Crippen LogP contribution in [0.3, 0.4) is 0 Å². The van der Waals surface area contributed by atoms with E-state index in [1.54, 1.807) is 19.2 Å². The minimum absolute atomic E-state index is 0.219. The van der Waals surface area contributed by atoms with Crippen LogP contribution in [-0.2, 0) is 17.8 Å². The van der Waals surface area contributed by atoms with Gasteiger partial charge >= 0.3 is 0 Å². The van der Waals surface area contributed by atoms with Crippen molar-refractivity contribution in [3.63, 3.8) is 0 Å². The Labute approximate surface area is 155 Å². The zero-order valence-electron chi connectivity index (χ0n) is 15.5. The molecule has 1 heterocycles. The molecule has 2 aromatic rings. The highest BCUT2D eigenvalue weighted by molar-refractivity contribution is 5.18. The molecular formula is C21H29FN2O2. The summed E-state index contributed by atoms with van der Waals surface area (Å²) in [4.78, 5) is 2.19. The SMILES string of the molecule is C=CCC[C@@H](O)CN(CCOC)Cc1cccn1Cc1cccc(F)c1. The maximum atomic E-state index is 13.4. The van der Waals surface area contributed by atoms with Crippen LogP contribution in [0, 0.1) is 5.82 Å². The summed E-state index contributed by atoms with van der Waals surface area (Å²) >= 11 is 0. The first-order chi connectivity index (χ1) is 12.6. The van der Waals surface area contributed by atoms with Crippen molar-refractivity contribution < 1.29 is 14.2 Å². The molecule has 0 saturated heterocycles. The van der Waals surface area contributed by atoms with Crippen LogP contribution < -0.4 is 0 Å². The molecule has 0 aliphatic rings. The third-order valence-electron chi connectivity index (χ3n) is 4.34. The fourth-order valence-electron chi connectivity index (χ4n) is 2.96. The molecule has 1 aromatic heterocycles. The predicted octanol–water partition coefficient (Wildman–Crippen LogP) is 3.45. The Morgan fingerprint density at radius 1 is 1.35 bits per heavy atom. The van der Waals surface area contributed by atoms with Crippen LogP contribution in [0.25, 0.3) is 0 Å². The smallest absolute Gasteiger partial charge is 0.123 e. The number of halogens is 1. The van der Waals surface area contributed by atoms with Gasteiger partial charge in [-0.1, -0.05) is 18.2 Å². The van der Waals surface area contributed by atoms with E-state index in [0.717, 1.165) is 24.2 Å². The average Bonchev–Trinajstić information content (AvgIpc) is 3.04. The van der Waals surface area contributed by atoms with Gasteiger partial charge in [0.25, 0.3) is 0 Å². The number of nitrogens with zero attached hydrogens (tertiary/aromatic N) is 2. The van der Waals surface area contributed by atoms with Gasteiger partial charge in [0.05, 0.1) is 12.7 Å². The molecule has 0 bridgehead atoms. The molecule has 1 atom stereocenters. The summed E-state index contributed by atoms with van der Waals surface area (Å²) in [7, 11) is 1.68. The normalized spacial score (nSPS) is 12.5. The fraction of sp³-hybridized carbons (Fsp3) is 0.429. The van der Waals surface area contributed by atoms with Crippen LogP contribution in [0.2, 0.25) is 0 Å². The van der Waals surface area contributed by atoms with Crippen LogP contribution in [0.15, 0.2) is 55.3 Å². The summed E-state index contributed by atoms with van der Waals surface area (Å²) in [5.41, 5.74) is 2.05. The molecule has 5 heteroatoms. The summed E-state index contributed by atoms with van der Waals surface area (Å²) in [5.74, 6) is -0.219. The second kappa shape index (κ2) is 10.9. The lowest BCUT2D eigenvalue weighted by Gasteiger charge is -2.25. The van der Waals surface area contributed by atoms with Gasteiger partial charge < -0.3 is 14.4 Å². The van der Waals surface area contributed by atoms with Gasteiger partial charge in [-0.25, -0.2) is 4.39 Å². The van der Waals surface area contributed by atoms with E-state index in [-0.39, 0.29) is 5.82 Å². The van der Waals surface area contributed by atoms with Crippen LogP contribution in [0.4, 0.5) is 4.39 Å². The molecule has 26 heavy (non-hydrogen) atoms. The highest BCUT2D eigenvalue weighted by atomic mass is 19.1. The number of ether oxygens (including phenoxy) is 1. The maximum Gasteiger partial charge on any atom is 0.123 e. The quantitative estimate of drug-likeness (QED) is 0.589. The van der Waals surface area contributed by atoms with E-state index in [0.29, 0.717) is 32.7 Å². The van der Waals surface area contributed by atoms with Gasteiger partial charge in [0.1, 0.15) is 5.82 Å². The van der Waals surface area contributed by atoms with Gasteiger partial charge in [-0.3, -0.25) is 4.90 Å². The number of allylic oxidation sites excluding steroid dienone is 1. The molecule has 1 aromatic carbocycles. The van der Waals surface area contributed by atoms with E-state index in [4.69, 9.17) is 4.74 Å². The van der Waals surface area contributed by atoms with Crippen molar-refractivity contribution in [3.05, 3.63) is 72.3 Å². The van der Waals surface area contributed by atoms with Gasteiger partial charge in [0, 0.05) is 45.2 Å². The minimum Gasteiger partial charge on any atom is -0.392 e. The van der Waals surface area contributed by atoms with Gasteiger partial charge in [-0.15, -0.1) is 6.58 Å². The molecule has 0 amide bonds. The Balaban J connectivity index is 2.03. The van der Waals surface area contributed by atoms with Gasteiger partial charge in [-0.05, 0) is 42.7 Å². The topological polar surface area (TPSA) is 37.6 Å². The lowest BCUT2D eigenvalue weighted by atomic mass is 10.2. The van der Waals surface area contributed by atoms with E-state index in [9.17, 15) is 9.50 Å². The monoisotopic (exact) mass is 360 g/mol. The Morgan fingerprint density at radius 2 is 2.19 bits per heavy atom. The summed E-state index contributed by atoms with van der Waals surface area (Å²) in [6.07, 6.45) is 4.94. The zero-order chi connectivity index (χ0) is 18.8. The van der Waals surface area contributed by atoms with E-state index < -0.39 is 6.10 Å². The van der Waals surface area contributed by atoms with E-state index in [1.165, 1.54) is 6.07 Å². The molecule has 4 nitrogen and oxygen atoms in total. The third kappa shape index (κ3) is 6.75. The zero-order valence-corrected chi connectivity index (χ0v) is 15.5. The standard InChI is InChI=1S/C21H29FN2O2/c1-3-4-10-21(25)17-23(12-13-26-2)16-20-9-6-11-24(20)15-18-7-5-8-19(22)14-18/h3,5-9,11,14,21,25H,1,4,10,12-13,15-17H2,2H3/t21-/m1/s1. The minimum atomic E-state index is -0.392. The third-order valence-corrected chi connectivity index (χ3v) is 4.34. The summed E-state index contributed by atoms with van der Waals surface area (Å²) in [6, 6.07) is 10.7. The van der Waals surface area contributed by atoms with Crippen molar-refractivity contribution in [1.29, 1.82) is 0 Å². The molecule has 1 N–H and O–H groups in total. The van der Waals surface area contributed by atoms with Crippen LogP contribution in [-0.4, -0.2) is 47.5 Å². The summed E-state index contributed by atoms with van der Waals surface area (Å²) in [6.45, 7) is 6.97. The first-order valence-corrected chi connectivity index (χ1v) is 9.01. The molecular weight excluding hydrogens is 331 g/mol. The highest BCUT2D eigenvalue weighted by Gasteiger charge is 2.14. The van der Waals surface area contributed by atoms with Crippen molar-refractivity contribution in [2.75, 3.05) is 26.8 Å². The number of hydrogen-bond donors (Lipinski definition) is 1. The molecule has 2 rings (SSSR count). The lowest BCUT2D eigenvalue weighted by Crippen LogP contribution is -2.35. The maximum absolute atomic E-state index is 13.4. The highest BCUT2D eigenvalue weighted by Crippen LogP contribution is 2.13. The van der Waals surface area contributed by atoms with E-state index in [2.05, 4.69) is 22.1 Å². The number of aliphatic hydroxyl groups excluding tert-OH is 1. The second-order valence-electron chi connectivity index (χ2n) is 6.51. The number of aromatic nitrogens is 1. The van der Waals surface area contributed by atoms with Gasteiger partial charge in [0.15, 0.2) is 0 Å². The van der Waals surface area contributed by atoms with Crippen molar-refractivity contribution >= 4 is 0 Å². The molecule has 0 aliphatic heterocycles. The number of hydrogen-bond acceptors (Lipinski definition) is 3. The lowest BCUT2D eigenvalue weighted by molar-refractivity contribution is 0.0797. The number of methoxy groups -OCH3 is 1. The van der Waals surface area contributed by atoms with Crippen molar-refractivity contribution in [2.45, 2.75) is 32.0 Å².